The van der Waals surface area contributed by atoms with Crippen LogP contribution in [0, 0.1) is 22.7 Å². The van der Waals surface area contributed by atoms with Crippen molar-refractivity contribution >= 4 is 41.4 Å². The van der Waals surface area contributed by atoms with Crippen molar-refractivity contribution in [2.75, 3.05) is 19.6 Å². The van der Waals surface area contributed by atoms with Crippen LogP contribution in [0.5, 0.6) is 0 Å². The Bertz CT molecular complexity index is 1320. The van der Waals surface area contributed by atoms with Crippen molar-refractivity contribution in [3.05, 3.63) is 12.7 Å². The number of rotatable bonds is 16. The topological polar surface area (TPSA) is 174 Å². The van der Waals surface area contributed by atoms with Gasteiger partial charge >= 0.3 is 6.03 Å². The number of carbonyl (C=O) groups is 7. The van der Waals surface area contributed by atoms with E-state index < -0.39 is 58.6 Å². The van der Waals surface area contributed by atoms with Crippen LogP contribution in [-0.2, 0) is 28.8 Å². The lowest BCUT2D eigenvalue weighted by atomic mass is 9.70. The van der Waals surface area contributed by atoms with Gasteiger partial charge in [-0.2, -0.15) is 0 Å². The number of likely N-dealkylation sites (tertiary alicyclic amines) is 2. The van der Waals surface area contributed by atoms with E-state index in [-0.39, 0.29) is 61.9 Å². The molecule has 13 nitrogen and oxygen atoms in total. The number of amides is 7. The van der Waals surface area contributed by atoms with E-state index in [1.165, 1.54) is 11.0 Å². The molecule has 2 saturated heterocycles. The quantitative estimate of drug-likeness (QED) is 0.106. The lowest BCUT2D eigenvalue weighted by molar-refractivity contribution is -0.148. The molecule has 2 heterocycles. The van der Waals surface area contributed by atoms with E-state index in [1.807, 2.05) is 48.5 Å². The van der Waals surface area contributed by atoms with Gasteiger partial charge in [-0.1, -0.05) is 86.6 Å². The zero-order valence-corrected chi connectivity index (χ0v) is 32.6. The molecule has 7 amide bonds. The van der Waals surface area contributed by atoms with Gasteiger partial charge in [0, 0.05) is 32.5 Å². The van der Waals surface area contributed by atoms with E-state index in [0.717, 1.165) is 25.7 Å². The van der Waals surface area contributed by atoms with Crippen LogP contribution < -0.4 is 21.3 Å². The van der Waals surface area contributed by atoms with Gasteiger partial charge in [-0.25, -0.2) is 4.79 Å². The Labute approximate surface area is 310 Å². The molecule has 1 saturated carbocycles. The Hall–Kier alpha value is -3.77. The fraction of sp³-hybridized carbons (Fsp3) is 0.769. The summed E-state index contributed by atoms with van der Waals surface area (Å²) in [6, 6.07) is -4.09. The zero-order chi connectivity index (χ0) is 38.8. The average Bonchev–Trinajstić information content (AvgIpc) is 3.54. The first-order chi connectivity index (χ1) is 24.4. The van der Waals surface area contributed by atoms with Crippen molar-refractivity contribution in [1.82, 2.24) is 31.1 Å². The van der Waals surface area contributed by atoms with Gasteiger partial charge in [0.15, 0.2) is 0 Å². The van der Waals surface area contributed by atoms with E-state index in [1.54, 1.807) is 4.90 Å². The third kappa shape index (κ3) is 10.9. The molecule has 1 aliphatic carbocycles. The van der Waals surface area contributed by atoms with E-state index in [9.17, 15) is 33.6 Å². The molecule has 0 bridgehead atoms. The molecule has 0 aromatic heterocycles. The monoisotopic (exact) mass is 728 g/mol. The largest absolute Gasteiger partial charge is 0.346 e. The first kappa shape index (κ1) is 42.6. The maximum absolute atomic E-state index is 14.8. The van der Waals surface area contributed by atoms with E-state index in [0.29, 0.717) is 38.6 Å². The van der Waals surface area contributed by atoms with E-state index in [2.05, 4.69) is 27.8 Å². The number of imide groups is 1. The average molecular weight is 729 g/mol. The fourth-order valence-electron chi connectivity index (χ4n) is 7.84. The molecular weight excluding hydrogens is 664 g/mol. The summed E-state index contributed by atoms with van der Waals surface area (Å²) in [6.07, 6.45) is 8.96. The van der Waals surface area contributed by atoms with Crippen molar-refractivity contribution in [3.63, 3.8) is 0 Å². The third-order valence-corrected chi connectivity index (χ3v) is 11.3. The maximum atomic E-state index is 14.8. The Morgan fingerprint density at radius 3 is 2.15 bits per heavy atom. The van der Waals surface area contributed by atoms with Gasteiger partial charge in [-0.3, -0.25) is 33.7 Å². The number of Topliss-reactive ketones (excluding diaryl/α,β-unsaturated/α-hetero) is 1. The summed E-state index contributed by atoms with van der Waals surface area (Å²) in [5.74, 6) is -3.10. The number of urea groups is 1. The molecule has 0 spiro atoms. The molecule has 3 fully saturated rings. The fourth-order valence-corrected chi connectivity index (χ4v) is 7.84. The normalized spacial score (nSPS) is 22.3. The van der Waals surface area contributed by atoms with Gasteiger partial charge in [0.25, 0.3) is 5.91 Å². The molecule has 2 aliphatic heterocycles. The van der Waals surface area contributed by atoms with Gasteiger partial charge in [0.05, 0.1) is 12.1 Å². The second-order valence-corrected chi connectivity index (χ2v) is 16.7. The first-order valence-electron chi connectivity index (χ1n) is 19.4. The number of unbranched alkanes of at least 4 members (excludes halogenated alkanes) is 1. The summed E-state index contributed by atoms with van der Waals surface area (Å²) < 4.78 is 0. The summed E-state index contributed by atoms with van der Waals surface area (Å²) >= 11 is 0. The number of hydrogen-bond donors (Lipinski definition) is 4. The zero-order valence-electron chi connectivity index (χ0n) is 32.6. The molecule has 0 aromatic rings. The van der Waals surface area contributed by atoms with Gasteiger partial charge in [-0.05, 0) is 54.8 Å². The van der Waals surface area contributed by atoms with E-state index >= 15 is 0 Å². The van der Waals surface area contributed by atoms with Crippen molar-refractivity contribution in [2.45, 2.75) is 150 Å². The lowest BCUT2D eigenvalue weighted by Gasteiger charge is -2.43. The highest BCUT2D eigenvalue weighted by Crippen LogP contribution is 2.41. The second-order valence-electron chi connectivity index (χ2n) is 16.7. The summed E-state index contributed by atoms with van der Waals surface area (Å²) in [5.41, 5.74) is -1.12. The smallest absolute Gasteiger partial charge is 0.315 e. The maximum Gasteiger partial charge on any atom is 0.315 e. The first-order valence-corrected chi connectivity index (χ1v) is 19.4. The van der Waals surface area contributed by atoms with Crippen LogP contribution in [0.2, 0.25) is 0 Å². The van der Waals surface area contributed by atoms with Crippen LogP contribution in [0.3, 0.4) is 0 Å². The van der Waals surface area contributed by atoms with Crippen molar-refractivity contribution in [1.29, 1.82) is 0 Å². The molecular formula is C39H64N6O7. The predicted molar refractivity (Wildman–Crippen MR) is 199 cm³/mol. The van der Waals surface area contributed by atoms with Gasteiger partial charge in [0.2, 0.25) is 29.4 Å². The van der Waals surface area contributed by atoms with Gasteiger partial charge < -0.3 is 26.2 Å². The number of nitrogens with one attached hydrogen (secondary N) is 4. The number of nitrogens with zero attached hydrogens (tertiary/aromatic N) is 2. The van der Waals surface area contributed by atoms with Gasteiger partial charge in [-0.15, -0.1) is 6.58 Å². The Balaban J connectivity index is 1.91. The standard InChI is InChI=1S/C39H64N6O7/c1-9-11-16-27(32(48)35(50)40-22-10-2)41-34(49)31-26(25(3)4)19-23-44(31)36(51)33(39(8)20-13-12-14-21-39)43-37(52)42-28(38(5,6)7)24-45-29(46)17-15-18-30(45)47/h10,25-28,31,33H,2,9,11-24H2,1,3-8H3,(H,40,50)(H,41,49)(H2,42,43,52)/t26-,27?,28-,31+,33-/m1/s1. The summed E-state index contributed by atoms with van der Waals surface area (Å²) in [7, 11) is 0. The molecule has 0 radical (unpaired) electrons. The predicted octanol–water partition coefficient (Wildman–Crippen LogP) is 4.00. The highest BCUT2D eigenvalue weighted by molar-refractivity contribution is 6.38. The lowest BCUT2D eigenvalue weighted by Crippen LogP contribution is -2.63. The summed E-state index contributed by atoms with van der Waals surface area (Å²) in [6.45, 7) is 17.7. The van der Waals surface area contributed by atoms with Crippen LogP contribution in [0.4, 0.5) is 4.79 Å². The van der Waals surface area contributed by atoms with Crippen LogP contribution in [-0.4, -0.2) is 95.0 Å². The van der Waals surface area contributed by atoms with Crippen LogP contribution in [0.15, 0.2) is 12.7 Å². The minimum atomic E-state index is -1.05. The molecule has 13 heteroatoms. The third-order valence-electron chi connectivity index (χ3n) is 11.3. The summed E-state index contributed by atoms with van der Waals surface area (Å²) in [4.78, 5) is 96.9. The minimum Gasteiger partial charge on any atom is -0.346 e. The second kappa shape index (κ2) is 18.8. The van der Waals surface area contributed by atoms with Crippen molar-refractivity contribution in [3.8, 4) is 0 Å². The molecule has 3 aliphatic rings. The van der Waals surface area contributed by atoms with Crippen LogP contribution in [0.1, 0.15) is 126 Å². The molecule has 5 atom stereocenters. The number of piperidine rings is 1. The van der Waals surface area contributed by atoms with Gasteiger partial charge in [0.1, 0.15) is 12.1 Å². The molecule has 3 rings (SSSR count). The van der Waals surface area contributed by atoms with Crippen LogP contribution >= 0.6 is 0 Å². The minimum absolute atomic E-state index is 0.0262. The number of hydrogen-bond acceptors (Lipinski definition) is 7. The molecule has 292 valence electrons. The molecule has 0 aromatic carbocycles. The summed E-state index contributed by atoms with van der Waals surface area (Å²) in [5, 5.41) is 11.4. The molecule has 1 unspecified atom stereocenters. The van der Waals surface area contributed by atoms with Crippen molar-refractivity contribution < 1.29 is 33.6 Å². The number of carbonyl (C=O) groups excluding carboxylic acids is 7. The molecule has 52 heavy (non-hydrogen) atoms. The Morgan fingerprint density at radius 2 is 1.60 bits per heavy atom. The van der Waals surface area contributed by atoms with E-state index in [4.69, 9.17) is 0 Å². The van der Waals surface area contributed by atoms with Crippen LogP contribution in [0.25, 0.3) is 0 Å². The van der Waals surface area contributed by atoms with Crippen molar-refractivity contribution in [2.24, 2.45) is 22.7 Å². The Morgan fingerprint density at radius 1 is 0.962 bits per heavy atom. The SMILES string of the molecule is C=CCNC(=O)C(=O)C(CCCC)NC(=O)[C@@H]1[C@@H](C(C)C)CCN1C(=O)[C@@H](NC(=O)N[C@H](CN1C(=O)CCCC1=O)C(C)(C)C)C1(C)CCCCC1. The Kier molecular flexibility index (Phi) is 15.4. The highest BCUT2D eigenvalue weighted by Gasteiger charge is 2.50. The number of ketones is 1. The highest BCUT2D eigenvalue weighted by atomic mass is 16.2. The molecule has 4 N–H and O–H groups in total.